The molecule has 0 saturated carbocycles. The number of hydrogen-bond donors (Lipinski definition) is 2. The number of thiocarbonyl (C=S) groups is 1. The number of carbonyl (C=O) groups is 2. The Balaban J connectivity index is 1.32. The van der Waals surface area contributed by atoms with Gasteiger partial charge in [-0.25, -0.2) is 9.29 Å². The highest BCUT2D eigenvalue weighted by molar-refractivity contribution is 7.80. The first-order valence-corrected chi connectivity index (χ1v) is 10.9. The predicted octanol–water partition coefficient (Wildman–Crippen LogP) is 3.59. The monoisotopic (exact) mass is 471 g/mol. The van der Waals surface area contributed by atoms with Gasteiger partial charge >= 0.3 is 0 Å². The van der Waals surface area contributed by atoms with E-state index in [4.69, 9.17) is 28.6 Å². The molecule has 2 aromatic carbocycles. The summed E-state index contributed by atoms with van der Waals surface area (Å²) >= 11 is 11.2. The van der Waals surface area contributed by atoms with Crippen molar-refractivity contribution < 1.29 is 18.7 Å². The van der Waals surface area contributed by atoms with Gasteiger partial charge in [0, 0.05) is 5.69 Å². The Morgan fingerprint density at radius 3 is 2.69 bits per heavy atom. The normalized spacial score (nSPS) is 27.7. The zero-order valence-corrected chi connectivity index (χ0v) is 18.5. The van der Waals surface area contributed by atoms with Crippen LogP contribution in [-0.2, 0) is 14.3 Å². The number of ether oxygens (including phenoxy) is 1. The molecule has 3 heterocycles. The number of nitrogens with one attached hydrogen (secondary N) is 2. The van der Waals surface area contributed by atoms with Gasteiger partial charge in [-0.05, 0) is 49.5 Å². The zero-order chi connectivity index (χ0) is 22.6. The lowest BCUT2D eigenvalue weighted by Gasteiger charge is -2.29. The van der Waals surface area contributed by atoms with Crippen LogP contribution in [0, 0.1) is 24.6 Å². The first kappa shape index (κ1) is 21.1. The summed E-state index contributed by atoms with van der Waals surface area (Å²) in [6.45, 7) is 2.14. The topological polar surface area (TPSA) is 70.7 Å². The quantitative estimate of drug-likeness (QED) is 0.403. The Morgan fingerprint density at radius 2 is 1.97 bits per heavy atom. The van der Waals surface area contributed by atoms with E-state index >= 15 is 0 Å². The van der Waals surface area contributed by atoms with E-state index in [9.17, 15) is 14.0 Å². The molecule has 0 radical (unpaired) electrons. The van der Waals surface area contributed by atoms with Gasteiger partial charge in [-0.1, -0.05) is 41.4 Å². The molecule has 0 unspecified atom stereocenters. The third-order valence-electron chi connectivity index (χ3n) is 6.15. The average molecular weight is 472 g/mol. The van der Waals surface area contributed by atoms with Gasteiger partial charge in [0.2, 0.25) is 11.8 Å². The minimum atomic E-state index is -0.978. The highest BCUT2D eigenvalue weighted by Gasteiger charge is 2.67. The van der Waals surface area contributed by atoms with E-state index in [0.29, 0.717) is 11.4 Å². The first-order chi connectivity index (χ1) is 15.3. The van der Waals surface area contributed by atoms with Crippen LogP contribution in [0.5, 0.6) is 0 Å². The lowest BCUT2D eigenvalue weighted by atomic mass is 9.77. The molecule has 3 aliphatic heterocycles. The van der Waals surface area contributed by atoms with Gasteiger partial charge in [0.25, 0.3) is 0 Å². The van der Waals surface area contributed by atoms with Gasteiger partial charge in [0.05, 0.1) is 35.2 Å². The number of carbonyl (C=O) groups excluding carboxylic acids is 2. The van der Waals surface area contributed by atoms with Crippen molar-refractivity contribution in [2.45, 2.75) is 18.6 Å². The van der Waals surface area contributed by atoms with Gasteiger partial charge in [-0.2, -0.15) is 0 Å². The summed E-state index contributed by atoms with van der Waals surface area (Å²) in [5.41, 5.74) is 1.15. The van der Waals surface area contributed by atoms with Crippen molar-refractivity contribution in [2.75, 3.05) is 16.8 Å². The molecule has 2 fully saturated rings. The number of anilines is 2. The number of benzene rings is 2. The number of aryl methyl sites for hydroxylation is 1. The fraction of sp³-hybridized carbons (Fsp3) is 0.261. The molecular weight excluding hydrogens is 453 g/mol. The largest absolute Gasteiger partial charge is 0.360 e. The minimum Gasteiger partial charge on any atom is -0.360 e. The van der Waals surface area contributed by atoms with Gasteiger partial charge < -0.3 is 15.4 Å². The van der Waals surface area contributed by atoms with Crippen LogP contribution < -0.4 is 15.5 Å². The van der Waals surface area contributed by atoms with Crippen LogP contribution in [0.15, 0.2) is 54.6 Å². The summed E-state index contributed by atoms with van der Waals surface area (Å²) in [6, 6.07) is 11.5. The SMILES string of the molecule is Cc1ccc(N2C(=O)[C@@H]3[C@@H](C2=O)[C@@]2(CNC(=S)Nc4ccc(F)c(Cl)c4)C=C[C@H]3O2)cc1. The van der Waals surface area contributed by atoms with Crippen molar-refractivity contribution >= 4 is 52.1 Å². The van der Waals surface area contributed by atoms with Gasteiger partial charge in [-0.15, -0.1) is 0 Å². The molecule has 0 aliphatic carbocycles. The number of fused-ring (bicyclic) bond motifs is 5. The maximum Gasteiger partial charge on any atom is 0.241 e. The molecule has 0 aromatic heterocycles. The Hall–Kier alpha value is -2.81. The third-order valence-corrected chi connectivity index (χ3v) is 6.69. The fourth-order valence-corrected chi connectivity index (χ4v) is 4.99. The van der Waals surface area contributed by atoms with E-state index in [0.717, 1.165) is 5.56 Å². The van der Waals surface area contributed by atoms with Crippen LogP contribution in [0.25, 0.3) is 0 Å². The molecule has 3 aliphatic rings. The van der Waals surface area contributed by atoms with Crippen molar-refractivity contribution in [3.63, 3.8) is 0 Å². The zero-order valence-electron chi connectivity index (χ0n) is 17.0. The van der Waals surface area contributed by atoms with Crippen LogP contribution in [0.3, 0.4) is 0 Å². The highest BCUT2D eigenvalue weighted by atomic mass is 35.5. The molecule has 0 spiro atoms. The lowest BCUT2D eigenvalue weighted by molar-refractivity contribution is -0.126. The molecule has 2 N–H and O–H groups in total. The van der Waals surface area contributed by atoms with E-state index in [1.807, 2.05) is 31.2 Å². The predicted molar refractivity (Wildman–Crippen MR) is 123 cm³/mol. The van der Waals surface area contributed by atoms with Gasteiger partial charge in [-0.3, -0.25) is 9.59 Å². The van der Waals surface area contributed by atoms with E-state index in [1.165, 1.54) is 23.1 Å². The summed E-state index contributed by atoms with van der Waals surface area (Å²) in [7, 11) is 0. The van der Waals surface area contributed by atoms with Crippen molar-refractivity contribution in [3.8, 4) is 0 Å². The summed E-state index contributed by atoms with van der Waals surface area (Å²) < 4.78 is 19.5. The van der Waals surface area contributed by atoms with E-state index in [1.54, 1.807) is 12.1 Å². The Morgan fingerprint density at radius 1 is 1.22 bits per heavy atom. The van der Waals surface area contributed by atoms with Crippen molar-refractivity contribution in [1.82, 2.24) is 5.32 Å². The average Bonchev–Trinajstić information content (AvgIpc) is 3.41. The molecule has 2 saturated heterocycles. The summed E-state index contributed by atoms with van der Waals surface area (Å²) in [5.74, 6) is -2.25. The summed E-state index contributed by atoms with van der Waals surface area (Å²) in [6.07, 6.45) is 3.22. The molecule has 6 nitrogen and oxygen atoms in total. The molecule has 164 valence electrons. The highest BCUT2D eigenvalue weighted by Crippen LogP contribution is 2.52. The van der Waals surface area contributed by atoms with Crippen LogP contribution in [0.1, 0.15) is 5.56 Å². The van der Waals surface area contributed by atoms with Gasteiger partial charge in [0.15, 0.2) is 5.11 Å². The molecule has 2 aromatic rings. The van der Waals surface area contributed by atoms with Crippen LogP contribution in [0.2, 0.25) is 5.02 Å². The number of hydrogen-bond acceptors (Lipinski definition) is 4. The van der Waals surface area contributed by atoms with Crippen molar-refractivity contribution in [1.29, 1.82) is 0 Å². The minimum absolute atomic E-state index is 0.0220. The number of imide groups is 1. The molecule has 2 amide bonds. The molecule has 32 heavy (non-hydrogen) atoms. The third kappa shape index (κ3) is 3.30. The Labute approximate surface area is 194 Å². The maximum atomic E-state index is 13.4. The van der Waals surface area contributed by atoms with E-state index in [2.05, 4.69) is 10.6 Å². The number of halogens is 2. The smallest absolute Gasteiger partial charge is 0.241 e. The summed E-state index contributed by atoms with van der Waals surface area (Å²) in [5, 5.41) is 6.24. The van der Waals surface area contributed by atoms with Crippen molar-refractivity contribution in [2.24, 2.45) is 11.8 Å². The van der Waals surface area contributed by atoms with Gasteiger partial charge in [0.1, 0.15) is 11.4 Å². The Bertz CT molecular complexity index is 1170. The molecule has 9 heteroatoms. The van der Waals surface area contributed by atoms with E-state index in [-0.39, 0.29) is 28.5 Å². The second-order valence-electron chi connectivity index (χ2n) is 8.18. The second kappa shape index (κ2) is 7.65. The molecular formula is C23H19ClFN3O3S. The molecule has 4 atom stereocenters. The van der Waals surface area contributed by atoms with Crippen LogP contribution >= 0.6 is 23.8 Å². The first-order valence-electron chi connectivity index (χ1n) is 10.1. The van der Waals surface area contributed by atoms with Crippen molar-refractivity contribution in [3.05, 3.63) is 71.0 Å². The second-order valence-corrected chi connectivity index (χ2v) is 9.00. The number of nitrogens with zero attached hydrogens (tertiary/aromatic N) is 1. The van der Waals surface area contributed by atoms with Crippen LogP contribution in [-0.4, -0.2) is 35.2 Å². The van der Waals surface area contributed by atoms with E-state index < -0.39 is 29.4 Å². The fourth-order valence-electron chi connectivity index (χ4n) is 4.62. The molecule has 5 rings (SSSR count). The lowest BCUT2D eigenvalue weighted by Crippen LogP contribution is -2.49. The standard InChI is InChI=1S/C23H19ClFN3O3S/c1-12-2-5-14(6-3-12)28-20(29)18-17-8-9-23(31-17,19(18)21(28)30)11-26-22(32)27-13-4-7-16(25)15(24)10-13/h2-10,17-19H,11H2,1H3,(H2,26,27,32)/t17-,18+,19+,23+/m1/s1. The number of amides is 2. The number of rotatable bonds is 4. The summed E-state index contributed by atoms with van der Waals surface area (Å²) in [4.78, 5) is 27.8. The molecule has 2 bridgehead atoms. The Kier molecular flexibility index (Phi) is 5.03. The maximum absolute atomic E-state index is 13.4. The van der Waals surface area contributed by atoms with Crippen LogP contribution in [0.4, 0.5) is 15.8 Å².